The molecule has 4 aliphatic rings. The molecule has 0 radical (unpaired) electrons. The quantitative estimate of drug-likeness (QED) is 0.209. The van der Waals surface area contributed by atoms with E-state index in [0.717, 1.165) is 47.6 Å². The maximum absolute atomic E-state index is 7.47. The highest BCUT2D eigenvalue weighted by atomic mass is 17.6. The normalized spacial score (nSPS) is 27.0. The summed E-state index contributed by atoms with van der Waals surface area (Å²) in [4.78, 5) is 4.08. The van der Waals surface area contributed by atoms with Crippen LogP contribution in [0.4, 0.5) is 0 Å². The van der Waals surface area contributed by atoms with Gasteiger partial charge in [0.1, 0.15) is 6.61 Å². The minimum atomic E-state index is 0.0804. The van der Waals surface area contributed by atoms with Gasteiger partial charge in [0.2, 0.25) is 5.88 Å². The van der Waals surface area contributed by atoms with Crippen LogP contribution in [-0.2, 0) is 15.0 Å². The van der Waals surface area contributed by atoms with Crippen LogP contribution >= 0.6 is 0 Å². The lowest BCUT2D eigenvalue weighted by Crippen LogP contribution is -2.45. The van der Waals surface area contributed by atoms with Crippen molar-refractivity contribution in [2.45, 2.75) is 71.1 Å². The predicted molar refractivity (Wildman–Crippen MR) is 124 cm³/mol. The third kappa shape index (κ3) is 6.70. The first-order valence-corrected chi connectivity index (χ1v) is 12.3. The Morgan fingerprint density at radius 3 is 2.52 bits per heavy atom. The number of rotatable bonds is 10. The highest BCUT2D eigenvalue weighted by Crippen LogP contribution is 2.61. The fourth-order valence-electron chi connectivity index (χ4n) is 6.68. The summed E-state index contributed by atoms with van der Waals surface area (Å²) in [6.45, 7) is 2.53. The van der Waals surface area contributed by atoms with E-state index in [0.29, 0.717) is 0 Å². The van der Waals surface area contributed by atoms with E-state index in [-0.39, 0.29) is 6.61 Å². The molecule has 2 heterocycles. The SMILES string of the molecule is CC#CCOOOO.c1ccn2nc(OCCCCCC34CC5CC(CC(C5)C3)C4)cc2c1. The summed E-state index contributed by atoms with van der Waals surface area (Å²) in [6.07, 6.45) is 16.6. The molecule has 4 saturated carbocycles. The molecule has 2 aromatic heterocycles. The van der Waals surface area contributed by atoms with Gasteiger partial charge in [-0.15, -0.1) is 11.0 Å². The van der Waals surface area contributed by atoms with Gasteiger partial charge in [-0.25, -0.2) is 9.77 Å². The van der Waals surface area contributed by atoms with E-state index in [2.05, 4.69) is 38.0 Å². The summed E-state index contributed by atoms with van der Waals surface area (Å²) in [5, 5.41) is 18.6. The highest BCUT2D eigenvalue weighted by Gasteiger charge is 2.50. The minimum absolute atomic E-state index is 0.0804. The number of hydrogen-bond donors (Lipinski definition) is 1. The van der Waals surface area contributed by atoms with Gasteiger partial charge in [-0.2, -0.15) is 4.89 Å². The van der Waals surface area contributed by atoms with Crippen LogP contribution in [0.5, 0.6) is 5.88 Å². The van der Waals surface area contributed by atoms with Crippen molar-refractivity contribution < 1.29 is 25.0 Å². The van der Waals surface area contributed by atoms with E-state index in [1.165, 1.54) is 19.3 Å². The molecule has 4 bridgehead atoms. The Balaban J connectivity index is 0.000000281. The molecule has 4 aliphatic carbocycles. The average Bonchev–Trinajstić information content (AvgIpc) is 3.22. The number of nitrogens with zero attached hydrogens (tertiary/aromatic N) is 2. The number of unbranched alkanes of at least 4 members (excludes halogenated alkanes) is 2. The van der Waals surface area contributed by atoms with Crippen LogP contribution in [0.2, 0.25) is 0 Å². The second-order valence-corrected chi connectivity index (χ2v) is 9.96. The molecule has 180 valence electrons. The summed E-state index contributed by atoms with van der Waals surface area (Å²) in [6, 6.07) is 8.11. The zero-order chi connectivity index (χ0) is 22.9. The molecular weight excluding hydrogens is 420 g/mol. The zero-order valence-corrected chi connectivity index (χ0v) is 19.6. The van der Waals surface area contributed by atoms with Crippen molar-refractivity contribution >= 4 is 5.52 Å². The molecule has 7 nitrogen and oxygen atoms in total. The standard InChI is InChI=1S/C22H30N2O.C4H6O4/c1(5-9-25-21-13-20-6-2-4-8-24(20)23-21)3-7-22-14-17-10-18(15-22)12-19(11-17)16-22;1-2-3-4-6-8-7-5/h2,4,6,8,13,17-19H,1,3,5,7,9-12,14-16H2;5H,4H2,1H3. The lowest BCUT2D eigenvalue weighted by molar-refractivity contribution is -0.620. The first kappa shape index (κ1) is 24.0. The summed E-state index contributed by atoms with van der Waals surface area (Å²) in [5.74, 6) is 9.05. The lowest BCUT2D eigenvalue weighted by atomic mass is 9.48. The van der Waals surface area contributed by atoms with Crippen LogP contribution < -0.4 is 4.74 Å². The van der Waals surface area contributed by atoms with E-state index < -0.39 is 0 Å². The van der Waals surface area contributed by atoms with E-state index in [9.17, 15) is 0 Å². The first-order valence-electron chi connectivity index (χ1n) is 12.3. The number of ether oxygens (including phenoxy) is 1. The number of fused-ring (bicyclic) bond motifs is 1. The van der Waals surface area contributed by atoms with Crippen LogP contribution in [0.15, 0.2) is 30.5 Å². The molecule has 0 atom stereocenters. The van der Waals surface area contributed by atoms with Crippen LogP contribution in [0.3, 0.4) is 0 Å². The van der Waals surface area contributed by atoms with Crippen molar-refractivity contribution in [3.8, 4) is 17.7 Å². The minimum Gasteiger partial charge on any atom is -0.477 e. The molecule has 0 unspecified atom stereocenters. The first-order chi connectivity index (χ1) is 16.2. The smallest absolute Gasteiger partial charge is 0.233 e. The molecule has 7 heteroatoms. The second-order valence-electron chi connectivity index (χ2n) is 9.96. The molecule has 4 fully saturated rings. The van der Waals surface area contributed by atoms with Gasteiger partial charge >= 0.3 is 0 Å². The van der Waals surface area contributed by atoms with Crippen LogP contribution in [0.25, 0.3) is 5.52 Å². The monoisotopic (exact) mass is 456 g/mol. The Morgan fingerprint density at radius 1 is 1.09 bits per heavy atom. The van der Waals surface area contributed by atoms with Crippen LogP contribution in [0, 0.1) is 35.0 Å². The molecule has 0 saturated heterocycles. The number of aromatic nitrogens is 2. The Morgan fingerprint density at radius 2 is 1.85 bits per heavy atom. The summed E-state index contributed by atoms with van der Waals surface area (Å²) >= 11 is 0. The third-order valence-electron chi connectivity index (χ3n) is 7.50. The number of hydrogen-bond acceptors (Lipinski definition) is 6. The van der Waals surface area contributed by atoms with Crippen LogP contribution in [-0.4, -0.2) is 28.1 Å². The Hall–Kier alpha value is -2.11. The zero-order valence-electron chi connectivity index (χ0n) is 19.6. The van der Waals surface area contributed by atoms with Crippen molar-refractivity contribution in [2.24, 2.45) is 23.2 Å². The summed E-state index contributed by atoms with van der Waals surface area (Å²) in [7, 11) is 0. The molecule has 2 aromatic rings. The van der Waals surface area contributed by atoms with Gasteiger partial charge in [-0.1, -0.05) is 24.8 Å². The summed E-state index contributed by atoms with van der Waals surface area (Å²) in [5.41, 5.74) is 1.84. The van der Waals surface area contributed by atoms with Gasteiger partial charge in [0.15, 0.2) is 0 Å². The average molecular weight is 457 g/mol. The van der Waals surface area contributed by atoms with Crippen molar-refractivity contribution in [3.63, 3.8) is 0 Å². The van der Waals surface area contributed by atoms with Gasteiger partial charge < -0.3 is 4.74 Å². The van der Waals surface area contributed by atoms with Crippen molar-refractivity contribution in [2.75, 3.05) is 13.2 Å². The van der Waals surface area contributed by atoms with E-state index >= 15 is 0 Å². The maximum atomic E-state index is 7.47. The van der Waals surface area contributed by atoms with Gasteiger partial charge in [0, 0.05) is 12.3 Å². The molecule has 0 aromatic carbocycles. The van der Waals surface area contributed by atoms with E-state index in [4.69, 9.17) is 9.99 Å². The Kier molecular flexibility index (Phi) is 8.63. The van der Waals surface area contributed by atoms with Gasteiger partial charge in [-0.05, 0) is 104 Å². The molecule has 0 amide bonds. The highest BCUT2D eigenvalue weighted by molar-refractivity contribution is 5.48. The van der Waals surface area contributed by atoms with E-state index in [1.54, 1.807) is 45.4 Å². The van der Waals surface area contributed by atoms with Crippen molar-refractivity contribution in [3.05, 3.63) is 30.5 Å². The topological polar surface area (TPSA) is 74.5 Å². The lowest BCUT2D eigenvalue weighted by Gasteiger charge is -2.57. The third-order valence-corrected chi connectivity index (χ3v) is 7.50. The molecule has 6 rings (SSSR count). The van der Waals surface area contributed by atoms with Gasteiger partial charge in [0.25, 0.3) is 0 Å². The molecule has 1 N–H and O–H groups in total. The van der Waals surface area contributed by atoms with Crippen LogP contribution in [0.1, 0.15) is 71.1 Å². The Bertz CT molecular complexity index is 863. The predicted octanol–water partition coefficient (Wildman–Crippen LogP) is 5.85. The fraction of sp³-hybridized carbons (Fsp3) is 0.654. The second kappa shape index (κ2) is 11.8. The molecule has 0 spiro atoms. The maximum Gasteiger partial charge on any atom is 0.233 e. The fourth-order valence-corrected chi connectivity index (χ4v) is 6.68. The number of pyridine rings is 1. The van der Waals surface area contributed by atoms with Gasteiger partial charge in [-0.3, -0.25) is 0 Å². The summed E-state index contributed by atoms with van der Waals surface area (Å²) < 4.78 is 7.73. The molecule has 0 aliphatic heterocycles. The van der Waals surface area contributed by atoms with Gasteiger partial charge in [0.05, 0.1) is 12.1 Å². The van der Waals surface area contributed by atoms with Crippen molar-refractivity contribution in [1.82, 2.24) is 9.61 Å². The molecule has 33 heavy (non-hydrogen) atoms. The van der Waals surface area contributed by atoms with E-state index in [1.807, 2.05) is 28.9 Å². The largest absolute Gasteiger partial charge is 0.477 e. The van der Waals surface area contributed by atoms with Crippen molar-refractivity contribution in [1.29, 1.82) is 0 Å². The molecular formula is C26H36N2O5. The Labute approximate surface area is 196 Å².